The molecule has 2 N–H and O–H groups in total. The molecular formula is C12H11Br2NS. The fraction of sp³-hybridized carbons (Fsp3) is 0.167. The lowest BCUT2D eigenvalue weighted by Crippen LogP contribution is -2.13. The van der Waals surface area contributed by atoms with Gasteiger partial charge in [0.2, 0.25) is 0 Å². The molecule has 0 bridgehead atoms. The quantitative estimate of drug-likeness (QED) is 0.855. The highest BCUT2D eigenvalue weighted by molar-refractivity contribution is 9.10. The van der Waals surface area contributed by atoms with Crippen molar-refractivity contribution in [1.29, 1.82) is 0 Å². The van der Waals surface area contributed by atoms with Crippen molar-refractivity contribution in [3.63, 3.8) is 0 Å². The van der Waals surface area contributed by atoms with Gasteiger partial charge in [0, 0.05) is 20.4 Å². The third-order valence-electron chi connectivity index (χ3n) is 2.44. The molecule has 1 unspecified atom stereocenters. The van der Waals surface area contributed by atoms with Gasteiger partial charge in [-0.1, -0.05) is 34.1 Å². The van der Waals surface area contributed by atoms with Crippen LogP contribution in [0.25, 0.3) is 0 Å². The van der Waals surface area contributed by atoms with Gasteiger partial charge in [0.05, 0.1) is 0 Å². The lowest BCUT2D eigenvalue weighted by Gasteiger charge is -2.12. The van der Waals surface area contributed by atoms with Crippen molar-refractivity contribution in [3.8, 4) is 0 Å². The topological polar surface area (TPSA) is 26.0 Å². The second-order valence-electron chi connectivity index (χ2n) is 3.58. The minimum absolute atomic E-state index is 0.0410. The standard InChI is InChI=1S/C12H11Br2NS/c13-10-4-2-1-3-8(10)5-12(15)9-6-16-7-11(9)14/h1-4,6-7,12H,5,15H2. The van der Waals surface area contributed by atoms with E-state index in [1.165, 1.54) is 11.1 Å². The van der Waals surface area contributed by atoms with E-state index in [0.717, 1.165) is 15.4 Å². The summed E-state index contributed by atoms with van der Waals surface area (Å²) >= 11 is 8.73. The van der Waals surface area contributed by atoms with Crippen LogP contribution in [-0.4, -0.2) is 0 Å². The average molecular weight is 361 g/mol. The van der Waals surface area contributed by atoms with Gasteiger partial charge in [-0.15, -0.1) is 0 Å². The van der Waals surface area contributed by atoms with Gasteiger partial charge in [-0.3, -0.25) is 0 Å². The number of hydrogen-bond acceptors (Lipinski definition) is 2. The van der Waals surface area contributed by atoms with Crippen molar-refractivity contribution in [2.75, 3.05) is 0 Å². The van der Waals surface area contributed by atoms with E-state index in [9.17, 15) is 0 Å². The van der Waals surface area contributed by atoms with Crippen molar-refractivity contribution in [2.45, 2.75) is 12.5 Å². The summed E-state index contributed by atoms with van der Waals surface area (Å²) in [5.41, 5.74) is 8.62. The smallest absolute Gasteiger partial charge is 0.0355 e. The first-order valence-corrected chi connectivity index (χ1v) is 7.42. The molecule has 2 rings (SSSR count). The Hall–Kier alpha value is -0.160. The monoisotopic (exact) mass is 359 g/mol. The Kier molecular flexibility index (Phi) is 4.19. The molecule has 0 aliphatic carbocycles. The SMILES string of the molecule is NC(Cc1ccccc1Br)c1cscc1Br. The predicted molar refractivity (Wildman–Crippen MR) is 76.8 cm³/mol. The summed E-state index contributed by atoms with van der Waals surface area (Å²) in [6.45, 7) is 0. The van der Waals surface area contributed by atoms with Crippen molar-refractivity contribution < 1.29 is 0 Å². The molecule has 1 aromatic heterocycles. The van der Waals surface area contributed by atoms with Gasteiger partial charge in [-0.2, -0.15) is 11.3 Å². The summed E-state index contributed by atoms with van der Waals surface area (Å²) in [7, 11) is 0. The Morgan fingerprint density at radius 1 is 1.12 bits per heavy atom. The van der Waals surface area contributed by atoms with Crippen LogP contribution in [0.15, 0.2) is 44.0 Å². The zero-order valence-corrected chi connectivity index (χ0v) is 12.5. The summed E-state index contributed by atoms with van der Waals surface area (Å²) in [5.74, 6) is 0. The molecule has 0 saturated carbocycles. The first kappa shape index (κ1) is 12.3. The zero-order valence-electron chi connectivity index (χ0n) is 8.49. The molecule has 0 saturated heterocycles. The van der Waals surface area contributed by atoms with Crippen LogP contribution in [0.4, 0.5) is 0 Å². The largest absolute Gasteiger partial charge is 0.324 e. The molecule has 1 atom stereocenters. The van der Waals surface area contributed by atoms with E-state index in [2.05, 4.69) is 48.7 Å². The Morgan fingerprint density at radius 2 is 1.88 bits per heavy atom. The minimum atomic E-state index is 0.0410. The molecule has 0 radical (unpaired) electrons. The highest BCUT2D eigenvalue weighted by Crippen LogP contribution is 2.29. The molecular weight excluding hydrogens is 350 g/mol. The highest BCUT2D eigenvalue weighted by Gasteiger charge is 2.12. The maximum atomic E-state index is 6.20. The molecule has 0 aliphatic rings. The van der Waals surface area contributed by atoms with Gasteiger partial charge in [-0.25, -0.2) is 0 Å². The molecule has 2 aromatic rings. The highest BCUT2D eigenvalue weighted by atomic mass is 79.9. The molecule has 0 aliphatic heterocycles. The Bertz CT molecular complexity index is 481. The molecule has 4 heteroatoms. The molecule has 84 valence electrons. The maximum absolute atomic E-state index is 6.20. The fourth-order valence-electron chi connectivity index (χ4n) is 1.57. The summed E-state index contributed by atoms with van der Waals surface area (Å²) in [4.78, 5) is 0. The van der Waals surface area contributed by atoms with Gasteiger partial charge in [0.15, 0.2) is 0 Å². The summed E-state index contributed by atoms with van der Waals surface area (Å²) in [5, 5.41) is 4.17. The summed E-state index contributed by atoms with van der Waals surface area (Å²) in [6.07, 6.45) is 0.844. The Balaban J connectivity index is 2.17. The van der Waals surface area contributed by atoms with Crippen LogP contribution >= 0.6 is 43.2 Å². The fourth-order valence-corrected chi connectivity index (χ4v) is 3.67. The first-order chi connectivity index (χ1) is 7.68. The summed E-state index contributed by atoms with van der Waals surface area (Å²) < 4.78 is 2.23. The van der Waals surface area contributed by atoms with Crippen molar-refractivity contribution in [2.24, 2.45) is 5.73 Å². The third-order valence-corrected chi connectivity index (χ3v) is 4.96. The predicted octanol–water partition coefficient (Wildman–Crippen LogP) is 4.52. The molecule has 0 amide bonds. The van der Waals surface area contributed by atoms with E-state index in [-0.39, 0.29) is 6.04 Å². The van der Waals surface area contributed by atoms with Crippen LogP contribution in [0.3, 0.4) is 0 Å². The molecule has 0 fully saturated rings. The van der Waals surface area contributed by atoms with E-state index in [1.54, 1.807) is 11.3 Å². The van der Waals surface area contributed by atoms with Crippen LogP contribution in [0.2, 0.25) is 0 Å². The van der Waals surface area contributed by atoms with E-state index < -0.39 is 0 Å². The van der Waals surface area contributed by atoms with Gasteiger partial charge in [-0.05, 0) is 44.9 Å². The van der Waals surface area contributed by atoms with Crippen LogP contribution in [-0.2, 0) is 6.42 Å². The molecule has 0 spiro atoms. The number of halogens is 2. The number of benzene rings is 1. The van der Waals surface area contributed by atoms with Crippen LogP contribution in [0.1, 0.15) is 17.2 Å². The normalized spacial score (nSPS) is 12.7. The number of thiophene rings is 1. The molecule has 1 nitrogen and oxygen atoms in total. The molecule has 16 heavy (non-hydrogen) atoms. The second kappa shape index (κ2) is 5.45. The lowest BCUT2D eigenvalue weighted by molar-refractivity contribution is 0.720. The van der Waals surface area contributed by atoms with E-state index in [1.807, 2.05) is 18.2 Å². The summed E-state index contributed by atoms with van der Waals surface area (Å²) in [6, 6.07) is 8.24. The number of rotatable bonds is 3. The van der Waals surface area contributed by atoms with Gasteiger partial charge in [0.25, 0.3) is 0 Å². The van der Waals surface area contributed by atoms with Crippen LogP contribution in [0, 0.1) is 0 Å². The Labute approximate surface area is 116 Å². The van der Waals surface area contributed by atoms with Crippen molar-refractivity contribution >= 4 is 43.2 Å². The van der Waals surface area contributed by atoms with E-state index in [0.29, 0.717) is 0 Å². The minimum Gasteiger partial charge on any atom is -0.324 e. The molecule has 1 heterocycles. The van der Waals surface area contributed by atoms with E-state index >= 15 is 0 Å². The third kappa shape index (κ3) is 2.74. The number of hydrogen-bond donors (Lipinski definition) is 1. The first-order valence-electron chi connectivity index (χ1n) is 4.89. The van der Waals surface area contributed by atoms with Crippen LogP contribution < -0.4 is 5.73 Å². The van der Waals surface area contributed by atoms with E-state index in [4.69, 9.17) is 5.73 Å². The van der Waals surface area contributed by atoms with Crippen LogP contribution in [0.5, 0.6) is 0 Å². The zero-order chi connectivity index (χ0) is 11.5. The Morgan fingerprint density at radius 3 is 2.50 bits per heavy atom. The van der Waals surface area contributed by atoms with Gasteiger partial charge < -0.3 is 5.73 Å². The van der Waals surface area contributed by atoms with Crippen molar-refractivity contribution in [1.82, 2.24) is 0 Å². The second-order valence-corrected chi connectivity index (χ2v) is 6.03. The lowest BCUT2D eigenvalue weighted by atomic mass is 10.0. The van der Waals surface area contributed by atoms with Gasteiger partial charge >= 0.3 is 0 Å². The average Bonchev–Trinajstić information content (AvgIpc) is 2.68. The maximum Gasteiger partial charge on any atom is 0.0355 e. The van der Waals surface area contributed by atoms with Crippen molar-refractivity contribution in [3.05, 3.63) is 55.1 Å². The van der Waals surface area contributed by atoms with Gasteiger partial charge in [0.1, 0.15) is 0 Å². The number of nitrogens with two attached hydrogens (primary N) is 1. The molecule has 1 aromatic carbocycles.